The van der Waals surface area contributed by atoms with E-state index in [0.717, 1.165) is 70.7 Å². The second kappa shape index (κ2) is 7.47. The van der Waals surface area contributed by atoms with Crippen molar-refractivity contribution in [2.75, 3.05) is 0 Å². The molecular weight excluding hydrogens is 538 g/mol. The molecule has 0 bridgehead atoms. The van der Waals surface area contributed by atoms with E-state index in [9.17, 15) is 0 Å². The van der Waals surface area contributed by atoms with Gasteiger partial charge in [0, 0.05) is 0 Å². The van der Waals surface area contributed by atoms with Gasteiger partial charge in [0.1, 0.15) is 0 Å². The molecule has 1 saturated heterocycles. The van der Waals surface area contributed by atoms with Crippen LogP contribution >= 0.6 is 17.2 Å². The molecule has 0 nitrogen and oxygen atoms in total. The molecule has 0 N–H and O–H groups in total. The first-order valence-corrected chi connectivity index (χ1v) is 28.4. The Morgan fingerprint density at radius 2 is 1.12 bits per heavy atom. The van der Waals surface area contributed by atoms with E-state index >= 15 is 0 Å². The molecular formula is S2Se6. The normalized spacial score (nSPS) is 24.0. The summed E-state index contributed by atoms with van der Waals surface area (Å²) in [6.45, 7) is 0. The third-order valence-corrected chi connectivity index (χ3v) is 97.1. The zero-order valence-corrected chi connectivity index (χ0v) is 15.2. The van der Waals surface area contributed by atoms with Gasteiger partial charge in [0.25, 0.3) is 0 Å². The molecule has 1 rings (SSSR count). The fourth-order valence-corrected chi connectivity index (χ4v) is 177. The second-order valence-corrected chi connectivity index (χ2v) is 52.2. The van der Waals surface area contributed by atoms with Crippen molar-refractivity contribution < 1.29 is 0 Å². The van der Waals surface area contributed by atoms with E-state index in [1.165, 1.54) is 0 Å². The van der Waals surface area contributed by atoms with Crippen molar-refractivity contribution in [1.82, 2.24) is 0 Å². The minimum atomic E-state index is 1.04. The molecule has 0 aromatic heterocycles. The molecule has 1 fully saturated rings. The van der Waals surface area contributed by atoms with Crippen molar-refractivity contribution in [2.45, 2.75) is 0 Å². The quantitative estimate of drug-likeness (QED) is 0.364. The van der Waals surface area contributed by atoms with E-state index in [4.69, 9.17) is 0 Å². The minimum absolute atomic E-state index is 1.04. The second-order valence-electron chi connectivity index (χ2n) is 0.544. The van der Waals surface area contributed by atoms with Gasteiger partial charge in [-0.2, -0.15) is 0 Å². The van der Waals surface area contributed by atoms with Gasteiger partial charge >= 0.3 is 87.9 Å². The first-order valence-electron chi connectivity index (χ1n) is 1.33. The van der Waals surface area contributed by atoms with Crippen molar-refractivity contribution in [3.8, 4) is 0 Å². The topological polar surface area (TPSA) is 0 Å². The van der Waals surface area contributed by atoms with Gasteiger partial charge in [0.15, 0.2) is 0 Å². The van der Waals surface area contributed by atoms with E-state index < -0.39 is 0 Å². The van der Waals surface area contributed by atoms with Crippen LogP contribution in [-0.2, 0) is 0 Å². The van der Waals surface area contributed by atoms with Crippen molar-refractivity contribution in [3.05, 3.63) is 0 Å². The Bertz CT molecular complexity index is 30.5. The molecule has 8 heavy (non-hydrogen) atoms. The molecule has 0 amide bonds. The summed E-state index contributed by atoms with van der Waals surface area (Å²) >= 11 is 6.54. The van der Waals surface area contributed by atoms with Crippen LogP contribution in [0.25, 0.3) is 0 Å². The molecule has 0 aromatic rings. The van der Waals surface area contributed by atoms with Crippen LogP contribution in [0.4, 0.5) is 0 Å². The predicted octanol–water partition coefficient (Wildman–Crippen LogP) is -0.988. The fraction of sp³-hybridized carbons (Fsp3) is 0. The summed E-state index contributed by atoms with van der Waals surface area (Å²) in [4.78, 5) is 0. The summed E-state index contributed by atoms with van der Waals surface area (Å²) < 4.78 is 0. The number of rotatable bonds is 0. The number of hydrogen-bond acceptors (Lipinski definition) is 2. The molecule has 0 unspecified atom stereocenters. The molecule has 1 aliphatic rings. The van der Waals surface area contributed by atoms with Gasteiger partial charge in [-0.25, -0.2) is 0 Å². The van der Waals surface area contributed by atoms with E-state index in [-0.39, 0.29) is 0 Å². The van der Waals surface area contributed by atoms with Crippen LogP contribution in [0.5, 0.6) is 0 Å². The summed E-state index contributed by atoms with van der Waals surface area (Å²) in [6, 6.07) is 0. The van der Waals surface area contributed by atoms with Crippen molar-refractivity contribution in [2.24, 2.45) is 0 Å². The number of hydrogen-bond donors (Lipinski definition) is 0. The average molecular weight is 538 g/mol. The third kappa shape index (κ3) is 5.47. The Morgan fingerprint density at radius 3 is 1.62 bits per heavy atom. The Labute approximate surface area is 85.8 Å². The van der Waals surface area contributed by atoms with Gasteiger partial charge in [-0.3, -0.25) is 0 Å². The summed E-state index contributed by atoms with van der Waals surface area (Å²) in [5.41, 5.74) is 0. The van der Waals surface area contributed by atoms with Crippen LogP contribution in [0, 0.1) is 0 Å². The summed E-state index contributed by atoms with van der Waals surface area (Å²) in [5.74, 6) is 0. The van der Waals surface area contributed by atoms with Gasteiger partial charge < -0.3 is 0 Å². The molecule has 48 valence electrons. The van der Waals surface area contributed by atoms with Crippen LogP contribution in [0.3, 0.4) is 0 Å². The van der Waals surface area contributed by atoms with E-state index in [0.29, 0.717) is 0 Å². The van der Waals surface area contributed by atoms with E-state index in [2.05, 4.69) is 17.2 Å². The van der Waals surface area contributed by atoms with Crippen LogP contribution < -0.4 is 0 Å². The van der Waals surface area contributed by atoms with E-state index in [1.54, 1.807) is 0 Å². The van der Waals surface area contributed by atoms with E-state index in [1.807, 2.05) is 0 Å². The molecule has 0 radical (unpaired) electrons. The van der Waals surface area contributed by atoms with Crippen molar-refractivity contribution in [3.63, 3.8) is 0 Å². The van der Waals surface area contributed by atoms with Crippen LogP contribution in [0.2, 0.25) is 0 Å². The molecule has 0 aromatic carbocycles. The SMILES string of the molecule is S1[Se][Se]S[Se][Se][Se][Se]1. The predicted molar refractivity (Wildman–Crippen MR) is 49.7 cm³/mol. The standard InChI is InChI=1S/S2Se6/c1-3-4-2-6-8-7-5-1. The Hall–Kier alpha value is 3.82. The fourth-order valence-electron chi connectivity index (χ4n) is 0.0907. The van der Waals surface area contributed by atoms with Crippen LogP contribution in [-0.4, -0.2) is 70.7 Å². The van der Waals surface area contributed by atoms with Crippen molar-refractivity contribution >= 4 is 87.9 Å². The molecule has 1 aliphatic heterocycles. The average Bonchev–Trinajstić information content (AvgIpc) is 1.62. The molecule has 1 heterocycles. The van der Waals surface area contributed by atoms with Gasteiger partial charge in [-0.15, -0.1) is 0 Å². The Morgan fingerprint density at radius 1 is 0.625 bits per heavy atom. The Balaban J connectivity index is 2.00. The monoisotopic (exact) mass is 543 g/mol. The maximum absolute atomic E-state index is 2.31. The maximum atomic E-state index is 2.31. The van der Waals surface area contributed by atoms with Gasteiger partial charge in [-0.1, -0.05) is 0 Å². The van der Waals surface area contributed by atoms with Gasteiger partial charge in [0.2, 0.25) is 0 Å². The summed E-state index contributed by atoms with van der Waals surface area (Å²) in [5, 5.41) is 0. The zero-order valence-electron chi connectivity index (χ0n) is 3.27. The van der Waals surface area contributed by atoms with Gasteiger partial charge in [0.05, 0.1) is 0 Å². The van der Waals surface area contributed by atoms with Crippen LogP contribution in [0.1, 0.15) is 0 Å². The zero-order chi connectivity index (χ0) is 5.66. The van der Waals surface area contributed by atoms with Crippen LogP contribution in [0.15, 0.2) is 0 Å². The summed E-state index contributed by atoms with van der Waals surface area (Å²) in [6.07, 6.45) is 0. The first kappa shape index (κ1) is 9.90. The first-order chi connectivity index (χ1) is 4.00. The molecule has 0 spiro atoms. The molecule has 0 saturated carbocycles. The van der Waals surface area contributed by atoms with Gasteiger partial charge in [-0.05, 0) is 0 Å². The molecule has 0 atom stereocenters. The third-order valence-electron chi connectivity index (χ3n) is 0.222. The van der Waals surface area contributed by atoms with Crippen molar-refractivity contribution in [1.29, 1.82) is 0 Å². The summed E-state index contributed by atoms with van der Waals surface area (Å²) in [7, 11) is 4.63. The molecule has 0 aliphatic carbocycles. The molecule has 8 heteroatoms. The Kier molecular flexibility index (Phi) is 9.24.